The first-order chi connectivity index (χ1) is 9.61. The van der Waals surface area contributed by atoms with E-state index in [1.165, 1.54) is 7.11 Å². The number of nitrogens with one attached hydrogen (secondary N) is 1. The standard InChI is InChI=1S/C15H20FNO3/c1-10-4-3-5-13(14(10)16)20-9-8-12(15(18)19-2)17-11-6-7-11/h3-5,11-12,17H,6-9H2,1-2H3. The SMILES string of the molecule is COC(=O)C(CCOc1cccc(C)c1F)NC1CC1. The van der Waals surface area contributed by atoms with Crippen molar-refractivity contribution < 1.29 is 18.7 Å². The summed E-state index contributed by atoms with van der Waals surface area (Å²) < 4.78 is 23.9. The molecule has 1 fully saturated rings. The highest BCUT2D eigenvalue weighted by atomic mass is 19.1. The van der Waals surface area contributed by atoms with Gasteiger partial charge in [0, 0.05) is 12.5 Å². The lowest BCUT2D eigenvalue weighted by atomic mass is 10.2. The van der Waals surface area contributed by atoms with Gasteiger partial charge in [-0.3, -0.25) is 4.79 Å². The molecule has 1 aromatic rings. The predicted molar refractivity (Wildman–Crippen MR) is 73.2 cm³/mol. The lowest BCUT2D eigenvalue weighted by molar-refractivity contribution is -0.143. The fourth-order valence-electron chi connectivity index (χ4n) is 1.96. The summed E-state index contributed by atoms with van der Waals surface area (Å²) in [5.41, 5.74) is 0.545. The Hall–Kier alpha value is -1.62. The third kappa shape index (κ3) is 3.93. The second kappa shape index (κ2) is 6.70. The first kappa shape index (κ1) is 14.8. The van der Waals surface area contributed by atoms with Gasteiger partial charge in [-0.15, -0.1) is 0 Å². The van der Waals surface area contributed by atoms with Crippen molar-refractivity contribution >= 4 is 5.97 Å². The number of benzene rings is 1. The molecule has 2 rings (SSSR count). The lowest BCUT2D eigenvalue weighted by Crippen LogP contribution is -2.40. The maximum atomic E-state index is 13.7. The average molecular weight is 281 g/mol. The summed E-state index contributed by atoms with van der Waals surface area (Å²) in [6.07, 6.45) is 2.62. The molecule has 1 saturated carbocycles. The van der Waals surface area contributed by atoms with E-state index in [0.717, 1.165) is 12.8 Å². The minimum atomic E-state index is -0.389. The van der Waals surface area contributed by atoms with Crippen molar-refractivity contribution in [2.45, 2.75) is 38.3 Å². The van der Waals surface area contributed by atoms with Crippen LogP contribution in [0.4, 0.5) is 4.39 Å². The molecule has 1 aliphatic carbocycles. The lowest BCUT2D eigenvalue weighted by Gasteiger charge is -2.16. The van der Waals surface area contributed by atoms with Crippen LogP contribution >= 0.6 is 0 Å². The molecule has 1 aromatic carbocycles. The molecule has 1 atom stereocenters. The first-order valence-corrected chi connectivity index (χ1v) is 6.83. The molecule has 5 heteroatoms. The van der Waals surface area contributed by atoms with Crippen LogP contribution in [0.1, 0.15) is 24.8 Å². The van der Waals surface area contributed by atoms with E-state index in [2.05, 4.69) is 5.32 Å². The quantitative estimate of drug-likeness (QED) is 0.778. The Balaban J connectivity index is 1.85. The molecular formula is C15H20FNO3. The van der Waals surface area contributed by atoms with Crippen LogP contribution in [0.2, 0.25) is 0 Å². The summed E-state index contributed by atoms with van der Waals surface area (Å²) in [7, 11) is 1.37. The van der Waals surface area contributed by atoms with Gasteiger partial charge in [-0.25, -0.2) is 4.39 Å². The van der Waals surface area contributed by atoms with Gasteiger partial charge in [0.2, 0.25) is 0 Å². The Labute approximate surface area is 118 Å². The molecule has 1 unspecified atom stereocenters. The van der Waals surface area contributed by atoms with Gasteiger partial charge >= 0.3 is 5.97 Å². The molecule has 0 amide bonds. The minimum Gasteiger partial charge on any atom is -0.490 e. The van der Waals surface area contributed by atoms with Crippen molar-refractivity contribution in [3.05, 3.63) is 29.6 Å². The van der Waals surface area contributed by atoms with Gasteiger partial charge in [-0.2, -0.15) is 0 Å². The van der Waals surface area contributed by atoms with E-state index in [4.69, 9.17) is 9.47 Å². The number of carbonyl (C=O) groups is 1. The van der Waals surface area contributed by atoms with Crippen molar-refractivity contribution in [2.75, 3.05) is 13.7 Å². The van der Waals surface area contributed by atoms with E-state index >= 15 is 0 Å². The number of ether oxygens (including phenoxy) is 2. The van der Waals surface area contributed by atoms with Crippen LogP contribution in [0.3, 0.4) is 0 Å². The number of hydrogen-bond donors (Lipinski definition) is 1. The molecule has 110 valence electrons. The molecule has 0 radical (unpaired) electrons. The van der Waals surface area contributed by atoms with Gasteiger partial charge in [0.05, 0.1) is 13.7 Å². The van der Waals surface area contributed by atoms with E-state index in [-0.39, 0.29) is 30.2 Å². The Morgan fingerprint density at radius 2 is 2.25 bits per heavy atom. The maximum Gasteiger partial charge on any atom is 0.322 e. The van der Waals surface area contributed by atoms with Crippen molar-refractivity contribution in [3.8, 4) is 5.75 Å². The van der Waals surface area contributed by atoms with Crippen LogP contribution in [-0.2, 0) is 9.53 Å². The molecule has 1 aliphatic rings. The number of aryl methyl sites for hydroxylation is 1. The first-order valence-electron chi connectivity index (χ1n) is 6.83. The van der Waals surface area contributed by atoms with Crippen LogP contribution in [0.25, 0.3) is 0 Å². The monoisotopic (exact) mass is 281 g/mol. The zero-order valence-corrected chi connectivity index (χ0v) is 11.8. The topological polar surface area (TPSA) is 47.6 Å². The third-order valence-electron chi connectivity index (χ3n) is 3.32. The summed E-state index contributed by atoms with van der Waals surface area (Å²) in [5.74, 6) is -0.428. The number of carbonyl (C=O) groups excluding carboxylic acids is 1. The highest BCUT2D eigenvalue weighted by Crippen LogP contribution is 2.22. The Bertz CT molecular complexity index is 474. The zero-order chi connectivity index (χ0) is 14.5. The highest BCUT2D eigenvalue weighted by molar-refractivity contribution is 5.75. The Morgan fingerprint density at radius 3 is 2.90 bits per heavy atom. The van der Waals surface area contributed by atoms with Crippen LogP contribution in [0.5, 0.6) is 5.75 Å². The van der Waals surface area contributed by atoms with Crippen LogP contribution in [0, 0.1) is 12.7 Å². The second-order valence-electron chi connectivity index (χ2n) is 5.04. The van der Waals surface area contributed by atoms with E-state index in [1.54, 1.807) is 25.1 Å². The molecule has 0 bridgehead atoms. The molecule has 0 aliphatic heterocycles. The second-order valence-corrected chi connectivity index (χ2v) is 5.04. The Morgan fingerprint density at radius 1 is 1.50 bits per heavy atom. The summed E-state index contributed by atoms with van der Waals surface area (Å²) in [4.78, 5) is 11.6. The fourth-order valence-corrected chi connectivity index (χ4v) is 1.96. The molecule has 0 spiro atoms. The summed E-state index contributed by atoms with van der Waals surface area (Å²) in [6, 6.07) is 5.03. The normalized spacial score (nSPS) is 15.8. The van der Waals surface area contributed by atoms with Gasteiger partial charge in [0.1, 0.15) is 6.04 Å². The fraction of sp³-hybridized carbons (Fsp3) is 0.533. The smallest absolute Gasteiger partial charge is 0.322 e. The van der Waals surface area contributed by atoms with Crippen LogP contribution in [0.15, 0.2) is 18.2 Å². The van der Waals surface area contributed by atoms with Crippen molar-refractivity contribution in [2.24, 2.45) is 0 Å². The largest absolute Gasteiger partial charge is 0.490 e. The number of rotatable bonds is 7. The van der Waals surface area contributed by atoms with Crippen LogP contribution in [-0.4, -0.2) is 31.8 Å². The molecule has 20 heavy (non-hydrogen) atoms. The molecule has 4 nitrogen and oxygen atoms in total. The molecule has 0 heterocycles. The Kier molecular flexibility index (Phi) is 4.95. The maximum absolute atomic E-state index is 13.7. The van der Waals surface area contributed by atoms with Crippen LogP contribution < -0.4 is 10.1 Å². The number of halogens is 1. The van der Waals surface area contributed by atoms with E-state index in [1.807, 2.05) is 0 Å². The predicted octanol–water partition coefficient (Wildman–Crippen LogP) is 2.20. The minimum absolute atomic E-state index is 0.222. The van der Waals surface area contributed by atoms with Gasteiger partial charge in [-0.1, -0.05) is 12.1 Å². The third-order valence-corrected chi connectivity index (χ3v) is 3.32. The summed E-state index contributed by atoms with van der Waals surface area (Å²) in [6.45, 7) is 1.95. The molecule has 1 N–H and O–H groups in total. The summed E-state index contributed by atoms with van der Waals surface area (Å²) >= 11 is 0. The summed E-state index contributed by atoms with van der Waals surface area (Å²) in [5, 5.41) is 3.21. The van der Waals surface area contributed by atoms with Crippen molar-refractivity contribution in [3.63, 3.8) is 0 Å². The number of esters is 1. The van der Waals surface area contributed by atoms with Gasteiger partial charge in [0.25, 0.3) is 0 Å². The zero-order valence-electron chi connectivity index (χ0n) is 11.8. The number of hydrogen-bond acceptors (Lipinski definition) is 4. The van der Waals surface area contributed by atoms with E-state index < -0.39 is 0 Å². The number of methoxy groups -OCH3 is 1. The van der Waals surface area contributed by atoms with E-state index in [9.17, 15) is 9.18 Å². The molecule has 0 saturated heterocycles. The van der Waals surface area contributed by atoms with E-state index in [0.29, 0.717) is 18.0 Å². The van der Waals surface area contributed by atoms with Crippen molar-refractivity contribution in [1.29, 1.82) is 0 Å². The molecule has 0 aromatic heterocycles. The molecular weight excluding hydrogens is 261 g/mol. The van der Waals surface area contributed by atoms with Gasteiger partial charge in [0.15, 0.2) is 11.6 Å². The van der Waals surface area contributed by atoms with Crippen molar-refractivity contribution in [1.82, 2.24) is 5.32 Å². The van der Waals surface area contributed by atoms with Gasteiger partial charge in [-0.05, 0) is 31.4 Å². The van der Waals surface area contributed by atoms with Gasteiger partial charge < -0.3 is 14.8 Å². The average Bonchev–Trinajstić information content (AvgIpc) is 3.25. The highest BCUT2D eigenvalue weighted by Gasteiger charge is 2.28.